The Morgan fingerprint density at radius 2 is 2.18 bits per heavy atom. The van der Waals surface area contributed by atoms with Gasteiger partial charge in [-0.3, -0.25) is 0 Å². The summed E-state index contributed by atoms with van der Waals surface area (Å²) in [6.07, 6.45) is 1.92. The van der Waals surface area contributed by atoms with Gasteiger partial charge in [0.15, 0.2) is 0 Å². The summed E-state index contributed by atoms with van der Waals surface area (Å²) in [5.41, 5.74) is 3.73. The fraction of sp³-hybridized carbons (Fsp3) is 0.0588. The average molecular weight is 387 g/mol. The first-order chi connectivity index (χ1) is 10.7. The summed E-state index contributed by atoms with van der Waals surface area (Å²) in [4.78, 5) is 5.72. The minimum atomic E-state index is 0.608. The summed E-state index contributed by atoms with van der Waals surface area (Å²) >= 11 is 6.60. The molecule has 0 amide bonds. The molecule has 0 atom stereocenters. The molecule has 0 saturated heterocycles. The predicted octanol–water partition coefficient (Wildman–Crippen LogP) is 6.01. The van der Waals surface area contributed by atoms with E-state index in [9.17, 15) is 5.26 Å². The van der Waals surface area contributed by atoms with Crippen molar-refractivity contribution >= 4 is 50.3 Å². The molecule has 0 fully saturated rings. The van der Waals surface area contributed by atoms with Gasteiger partial charge in [-0.2, -0.15) is 5.26 Å². The lowest BCUT2D eigenvalue weighted by Crippen LogP contribution is -1.82. The van der Waals surface area contributed by atoms with Gasteiger partial charge in [0, 0.05) is 20.3 Å². The third kappa shape index (κ3) is 3.20. The van der Waals surface area contributed by atoms with Crippen LogP contribution in [0.4, 0.5) is 0 Å². The fourth-order valence-corrected chi connectivity index (χ4v) is 4.04. The molecule has 0 radical (unpaired) electrons. The van der Waals surface area contributed by atoms with E-state index in [0.717, 1.165) is 25.6 Å². The number of hydrogen-bond donors (Lipinski definition) is 0. The van der Waals surface area contributed by atoms with Crippen LogP contribution in [-0.2, 0) is 0 Å². The van der Waals surface area contributed by atoms with Crippen LogP contribution in [0.2, 0.25) is 0 Å². The van der Waals surface area contributed by atoms with Gasteiger partial charge >= 0.3 is 0 Å². The number of halogens is 1. The molecule has 0 unspecified atom stereocenters. The van der Waals surface area contributed by atoms with Crippen LogP contribution >= 0.6 is 38.6 Å². The lowest BCUT2D eigenvalue weighted by Gasteiger charge is -1.97. The van der Waals surface area contributed by atoms with Gasteiger partial charge in [0.25, 0.3) is 0 Å². The van der Waals surface area contributed by atoms with Crippen LogP contribution in [-0.4, -0.2) is 4.98 Å². The Balaban J connectivity index is 1.97. The molecule has 5 heteroatoms. The quantitative estimate of drug-likeness (QED) is 0.517. The molecule has 0 N–H and O–H groups in total. The summed E-state index contributed by atoms with van der Waals surface area (Å²) in [6, 6.07) is 12.3. The van der Waals surface area contributed by atoms with Crippen LogP contribution in [0.3, 0.4) is 0 Å². The van der Waals surface area contributed by atoms with Gasteiger partial charge in [-0.25, -0.2) is 4.98 Å². The van der Waals surface area contributed by atoms with Gasteiger partial charge in [-0.15, -0.1) is 22.7 Å². The van der Waals surface area contributed by atoms with Gasteiger partial charge in [-0.05, 0) is 42.1 Å². The van der Waals surface area contributed by atoms with Gasteiger partial charge in [0.2, 0.25) is 0 Å². The highest BCUT2D eigenvalue weighted by atomic mass is 79.9. The van der Waals surface area contributed by atoms with Gasteiger partial charge in [0.1, 0.15) is 11.1 Å². The number of benzene rings is 1. The van der Waals surface area contributed by atoms with Crippen molar-refractivity contribution in [2.45, 2.75) is 6.92 Å². The molecule has 22 heavy (non-hydrogen) atoms. The highest BCUT2D eigenvalue weighted by molar-refractivity contribution is 9.10. The van der Waals surface area contributed by atoms with Crippen molar-refractivity contribution in [1.29, 1.82) is 5.26 Å². The van der Waals surface area contributed by atoms with Crippen molar-refractivity contribution in [1.82, 2.24) is 4.98 Å². The highest BCUT2D eigenvalue weighted by Crippen LogP contribution is 2.29. The molecule has 2 aromatic heterocycles. The van der Waals surface area contributed by atoms with Crippen LogP contribution in [0.15, 0.2) is 45.6 Å². The standard InChI is InChI=1S/C17H11BrN2S2/c1-11-5-6-21-16(11)8-13(9-19)17-20-15(10-22-17)12-3-2-4-14(18)7-12/h2-8,10H,1H3/b13-8+. The molecule has 108 valence electrons. The number of hydrogen-bond acceptors (Lipinski definition) is 4. The first-order valence-electron chi connectivity index (χ1n) is 6.55. The van der Waals surface area contributed by atoms with E-state index < -0.39 is 0 Å². The Kier molecular flexibility index (Phi) is 4.53. The number of aromatic nitrogens is 1. The van der Waals surface area contributed by atoms with E-state index in [0.29, 0.717) is 5.57 Å². The number of nitriles is 1. The van der Waals surface area contributed by atoms with E-state index >= 15 is 0 Å². The lowest BCUT2D eigenvalue weighted by molar-refractivity contribution is 1.37. The molecule has 0 aliphatic carbocycles. The van der Waals surface area contributed by atoms with Crippen molar-refractivity contribution in [3.8, 4) is 17.3 Å². The molecule has 0 bridgehead atoms. The van der Waals surface area contributed by atoms with Crippen LogP contribution in [0.1, 0.15) is 15.4 Å². The SMILES string of the molecule is Cc1ccsc1/C=C(\C#N)c1nc(-c2cccc(Br)c2)cs1. The Bertz CT molecular complexity index is 884. The Morgan fingerprint density at radius 1 is 1.32 bits per heavy atom. The minimum Gasteiger partial charge on any atom is -0.235 e. The molecule has 3 rings (SSSR count). The van der Waals surface area contributed by atoms with Crippen LogP contribution < -0.4 is 0 Å². The molecule has 1 aromatic carbocycles. The number of rotatable bonds is 3. The van der Waals surface area contributed by atoms with Crippen molar-refractivity contribution in [3.05, 3.63) is 61.0 Å². The number of aryl methyl sites for hydroxylation is 1. The first-order valence-corrected chi connectivity index (χ1v) is 9.10. The van der Waals surface area contributed by atoms with Gasteiger partial charge in [0.05, 0.1) is 11.3 Å². The Hall–Kier alpha value is -1.74. The predicted molar refractivity (Wildman–Crippen MR) is 97.8 cm³/mol. The molecule has 0 aliphatic heterocycles. The van der Waals surface area contributed by atoms with Crippen molar-refractivity contribution < 1.29 is 0 Å². The maximum atomic E-state index is 9.44. The summed E-state index contributed by atoms with van der Waals surface area (Å²) < 4.78 is 1.02. The maximum absolute atomic E-state index is 9.44. The van der Waals surface area contributed by atoms with Gasteiger partial charge < -0.3 is 0 Å². The van der Waals surface area contributed by atoms with E-state index in [1.165, 1.54) is 16.9 Å². The molecule has 3 aromatic rings. The van der Waals surface area contributed by atoms with E-state index in [2.05, 4.69) is 33.0 Å². The monoisotopic (exact) mass is 386 g/mol. The summed E-state index contributed by atoms with van der Waals surface area (Å²) in [7, 11) is 0. The second-order valence-electron chi connectivity index (χ2n) is 4.69. The van der Waals surface area contributed by atoms with Crippen LogP contribution in [0.5, 0.6) is 0 Å². The first kappa shape index (κ1) is 15.2. The minimum absolute atomic E-state index is 0.608. The van der Waals surface area contributed by atoms with Gasteiger partial charge in [-0.1, -0.05) is 28.1 Å². The Labute approximate surface area is 145 Å². The third-order valence-electron chi connectivity index (χ3n) is 3.15. The smallest absolute Gasteiger partial charge is 0.134 e. The fourth-order valence-electron chi connectivity index (χ4n) is 1.98. The van der Waals surface area contributed by atoms with Crippen molar-refractivity contribution in [2.75, 3.05) is 0 Å². The zero-order valence-corrected chi connectivity index (χ0v) is 14.9. The summed E-state index contributed by atoms with van der Waals surface area (Å²) in [5.74, 6) is 0. The second kappa shape index (κ2) is 6.57. The second-order valence-corrected chi connectivity index (χ2v) is 7.41. The normalized spacial score (nSPS) is 11.4. The van der Waals surface area contributed by atoms with Crippen molar-refractivity contribution in [2.24, 2.45) is 0 Å². The number of allylic oxidation sites excluding steroid dienone is 1. The number of thiazole rings is 1. The molecule has 0 saturated carbocycles. The zero-order chi connectivity index (χ0) is 15.5. The van der Waals surface area contributed by atoms with Crippen LogP contribution in [0, 0.1) is 18.3 Å². The zero-order valence-electron chi connectivity index (χ0n) is 11.7. The number of thiophene rings is 1. The molecule has 0 aliphatic rings. The summed E-state index contributed by atoms with van der Waals surface area (Å²) in [6.45, 7) is 2.05. The van der Waals surface area contributed by atoms with E-state index in [-0.39, 0.29) is 0 Å². The molecule has 0 spiro atoms. The molecule has 2 nitrogen and oxygen atoms in total. The van der Waals surface area contributed by atoms with E-state index in [4.69, 9.17) is 0 Å². The molecular formula is C17H11BrN2S2. The topological polar surface area (TPSA) is 36.7 Å². The van der Waals surface area contributed by atoms with E-state index in [1.54, 1.807) is 11.3 Å². The largest absolute Gasteiger partial charge is 0.235 e. The van der Waals surface area contributed by atoms with E-state index in [1.807, 2.05) is 48.0 Å². The number of nitrogens with zero attached hydrogens (tertiary/aromatic N) is 2. The summed E-state index contributed by atoms with van der Waals surface area (Å²) in [5, 5.41) is 14.2. The molecular weight excluding hydrogens is 376 g/mol. The van der Waals surface area contributed by atoms with Crippen LogP contribution in [0.25, 0.3) is 22.9 Å². The average Bonchev–Trinajstić information content (AvgIpc) is 3.14. The van der Waals surface area contributed by atoms with Crippen molar-refractivity contribution in [3.63, 3.8) is 0 Å². The maximum Gasteiger partial charge on any atom is 0.134 e. The third-order valence-corrected chi connectivity index (χ3v) is 5.49. The highest BCUT2D eigenvalue weighted by Gasteiger charge is 2.10. The molecule has 2 heterocycles. The Morgan fingerprint density at radius 3 is 2.86 bits per heavy atom. The lowest BCUT2D eigenvalue weighted by atomic mass is 10.2.